The average molecular weight is 291 g/mol. The molecule has 0 radical (unpaired) electrons. The molecule has 0 saturated carbocycles. The molecule has 0 aliphatic rings. The zero-order valence-electron chi connectivity index (χ0n) is 11.9. The zero-order chi connectivity index (χ0) is 16.1. The molecule has 22 heavy (non-hydrogen) atoms. The molecule has 0 saturated heterocycles. The zero-order valence-corrected chi connectivity index (χ0v) is 11.9. The topological polar surface area (TPSA) is 100 Å². The molecule has 5 nitrogen and oxygen atoms in total. The molecule has 0 fully saturated rings. The summed E-state index contributed by atoms with van der Waals surface area (Å²) in [4.78, 5) is 4.13. The summed E-state index contributed by atoms with van der Waals surface area (Å²) in [6.07, 6.45) is 2.44. The van der Waals surface area contributed by atoms with Gasteiger partial charge in [-0.25, -0.2) is 0 Å². The molecule has 0 aliphatic heterocycles. The number of phenolic OH excluding ortho intramolecular Hbond substituents is 2. The first-order chi connectivity index (χ1) is 10.6. The van der Waals surface area contributed by atoms with Crippen LogP contribution in [-0.2, 0) is 6.42 Å². The summed E-state index contributed by atoms with van der Waals surface area (Å²) in [5.74, 6) is -1.09. The van der Waals surface area contributed by atoms with Gasteiger partial charge in [-0.05, 0) is 17.5 Å². The highest BCUT2D eigenvalue weighted by atomic mass is 16.3. The Morgan fingerprint density at radius 2 is 1.82 bits per heavy atom. The fourth-order valence-electron chi connectivity index (χ4n) is 1.95. The summed E-state index contributed by atoms with van der Waals surface area (Å²) in [6, 6.07) is 12.4. The third kappa shape index (κ3) is 2.89. The van der Waals surface area contributed by atoms with Gasteiger partial charge in [-0.3, -0.25) is 4.99 Å². The van der Waals surface area contributed by atoms with Crippen LogP contribution in [0.15, 0.2) is 35.3 Å². The van der Waals surface area contributed by atoms with Crippen LogP contribution in [-0.4, -0.2) is 16.4 Å². The molecule has 0 aromatic heterocycles. The van der Waals surface area contributed by atoms with E-state index in [1.807, 2.05) is 30.3 Å². The van der Waals surface area contributed by atoms with Crippen LogP contribution in [0.25, 0.3) is 0 Å². The lowest BCUT2D eigenvalue weighted by atomic mass is 10.1. The van der Waals surface area contributed by atoms with Crippen molar-refractivity contribution in [1.29, 1.82) is 10.5 Å². The molecule has 2 aromatic rings. The Morgan fingerprint density at radius 1 is 1.14 bits per heavy atom. The van der Waals surface area contributed by atoms with Crippen molar-refractivity contribution in [3.8, 4) is 23.6 Å². The second-order valence-corrected chi connectivity index (χ2v) is 4.59. The van der Waals surface area contributed by atoms with Crippen molar-refractivity contribution >= 4 is 11.9 Å². The second-order valence-electron chi connectivity index (χ2n) is 4.59. The average Bonchev–Trinajstić information content (AvgIpc) is 2.55. The van der Waals surface area contributed by atoms with Gasteiger partial charge in [0.1, 0.15) is 23.4 Å². The van der Waals surface area contributed by atoms with Gasteiger partial charge in [-0.2, -0.15) is 10.5 Å². The largest absolute Gasteiger partial charge is 0.504 e. The van der Waals surface area contributed by atoms with Crippen LogP contribution in [0.2, 0.25) is 0 Å². The summed E-state index contributed by atoms with van der Waals surface area (Å²) in [5, 5.41) is 37.4. The molecule has 0 spiro atoms. The molecule has 5 heteroatoms. The van der Waals surface area contributed by atoms with E-state index >= 15 is 0 Å². The van der Waals surface area contributed by atoms with Crippen LogP contribution in [0.3, 0.4) is 0 Å². The van der Waals surface area contributed by atoms with E-state index in [-0.39, 0.29) is 16.8 Å². The number of hydrogen-bond acceptors (Lipinski definition) is 5. The molecule has 0 aliphatic carbocycles. The Balaban J connectivity index is 2.48. The number of benzene rings is 2. The Labute approximate surface area is 128 Å². The number of nitriles is 2. The molecular formula is C17H13N3O2. The number of aliphatic imine (C=N–C) groups is 1. The van der Waals surface area contributed by atoms with Gasteiger partial charge in [0.05, 0.1) is 5.56 Å². The van der Waals surface area contributed by atoms with Crippen molar-refractivity contribution in [2.24, 2.45) is 4.99 Å². The first kappa shape index (κ1) is 15.1. The summed E-state index contributed by atoms with van der Waals surface area (Å²) in [7, 11) is 0. The summed E-state index contributed by atoms with van der Waals surface area (Å²) < 4.78 is 0. The molecular weight excluding hydrogens is 278 g/mol. The van der Waals surface area contributed by atoms with Crippen molar-refractivity contribution in [3.05, 3.63) is 52.6 Å². The van der Waals surface area contributed by atoms with E-state index in [2.05, 4.69) is 11.9 Å². The molecule has 2 rings (SSSR count). The van der Waals surface area contributed by atoms with Crippen LogP contribution in [0, 0.1) is 22.7 Å². The van der Waals surface area contributed by atoms with Crippen LogP contribution in [0.1, 0.15) is 29.2 Å². The fraction of sp³-hybridized carbons (Fsp3) is 0.118. The minimum absolute atomic E-state index is 0.0216. The van der Waals surface area contributed by atoms with Crippen LogP contribution < -0.4 is 0 Å². The smallest absolute Gasteiger partial charge is 0.177 e. The van der Waals surface area contributed by atoms with Crippen molar-refractivity contribution in [1.82, 2.24) is 0 Å². The van der Waals surface area contributed by atoms with E-state index in [0.717, 1.165) is 18.1 Å². The Bertz CT molecular complexity index is 810. The van der Waals surface area contributed by atoms with E-state index < -0.39 is 11.5 Å². The molecule has 0 unspecified atom stereocenters. The van der Waals surface area contributed by atoms with Gasteiger partial charge in [0.25, 0.3) is 0 Å². The normalized spacial score (nSPS) is 10.3. The lowest BCUT2D eigenvalue weighted by Gasteiger charge is -2.05. The first-order valence-electron chi connectivity index (χ1n) is 6.62. The SMILES string of the molecule is CCc1ccc(/C=N/c2c(C#N)cc(O)c(O)c2C#N)cc1. The number of aryl methyl sites for hydroxylation is 1. The van der Waals surface area contributed by atoms with Gasteiger partial charge in [0.15, 0.2) is 11.5 Å². The van der Waals surface area contributed by atoms with E-state index in [4.69, 9.17) is 10.5 Å². The molecule has 0 amide bonds. The highest BCUT2D eigenvalue weighted by Gasteiger charge is 2.16. The van der Waals surface area contributed by atoms with Crippen LogP contribution >= 0.6 is 0 Å². The first-order valence-corrected chi connectivity index (χ1v) is 6.62. The van der Waals surface area contributed by atoms with Gasteiger partial charge in [-0.1, -0.05) is 31.2 Å². The van der Waals surface area contributed by atoms with Gasteiger partial charge in [-0.15, -0.1) is 0 Å². The van der Waals surface area contributed by atoms with E-state index in [0.29, 0.717) is 0 Å². The predicted molar refractivity (Wildman–Crippen MR) is 82.3 cm³/mol. The summed E-state index contributed by atoms with van der Waals surface area (Å²) in [5.41, 5.74) is 1.83. The van der Waals surface area contributed by atoms with E-state index in [9.17, 15) is 10.2 Å². The van der Waals surface area contributed by atoms with E-state index in [1.165, 1.54) is 11.8 Å². The quantitative estimate of drug-likeness (QED) is 0.670. The Kier molecular flexibility index (Phi) is 4.41. The molecule has 0 atom stereocenters. The van der Waals surface area contributed by atoms with Crippen molar-refractivity contribution < 1.29 is 10.2 Å². The highest BCUT2D eigenvalue weighted by Crippen LogP contribution is 2.38. The lowest BCUT2D eigenvalue weighted by Crippen LogP contribution is -1.88. The van der Waals surface area contributed by atoms with Crippen LogP contribution in [0.4, 0.5) is 5.69 Å². The van der Waals surface area contributed by atoms with Crippen molar-refractivity contribution in [2.75, 3.05) is 0 Å². The predicted octanol–water partition coefficient (Wildman–Crippen LogP) is 3.15. The van der Waals surface area contributed by atoms with Crippen molar-refractivity contribution in [3.63, 3.8) is 0 Å². The van der Waals surface area contributed by atoms with Crippen LogP contribution in [0.5, 0.6) is 11.5 Å². The molecule has 0 heterocycles. The van der Waals surface area contributed by atoms with Gasteiger partial charge < -0.3 is 10.2 Å². The summed E-state index contributed by atoms with van der Waals surface area (Å²) in [6.45, 7) is 2.06. The summed E-state index contributed by atoms with van der Waals surface area (Å²) >= 11 is 0. The Hall–Kier alpha value is -3.31. The fourth-order valence-corrected chi connectivity index (χ4v) is 1.95. The van der Waals surface area contributed by atoms with Crippen molar-refractivity contribution in [2.45, 2.75) is 13.3 Å². The van der Waals surface area contributed by atoms with Gasteiger partial charge in [0, 0.05) is 12.3 Å². The van der Waals surface area contributed by atoms with Gasteiger partial charge >= 0.3 is 0 Å². The molecule has 0 bridgehead atoms. The molecule has 108 valence electrons. The second kappa shape index (κ2) is 6.43. The number of phenols is 2. The standard InChI is InChI=1S/C17H13N3O2/c1-2-11-3-5-12(6-4-11)10-20-16-13(8-18)7-15(21)17(22)14(16)9-19/h3-7,10,21-22H,2H2,1H3/b20-10+. The molecule has 2 N–H and O–H groups in total. The van der Waals surface area contributed by atoms with E-state index in [1.54, 1.807) is 6.07 Å². The number of hydrogen-bond donors (Lipinski definition) is 2. The third-order valence-electron chi connectivity index (χ3n) is 3.22. The maximum Gasteiger partial charge on any atom is 0.177 e. The van der Waals surface area contributed by atoms with Gasteiger partial charge in [0.2, 0.25) is 0 Å². The number of nitrogens with zero attached hydrogens (tertiary/aromatic N) is 3. The maximum atomic E-state index is 9.71. The minimum atomic E-state index is -0.574. The minimum Gasteiger partial charge on any atom is -0.504 e. The number of rotatable bonds is 3. The third-order valence-corrected chi connectivity index (χ3v) is 3.22. The monoisotopic (exact) mass is 291 g/mol. The lowest BCUT2D eigenvalue weighted by molar-refractivity contribution is 0.402. The highest BCUT2D eigenvalue weighted by molar-refractivity contribution is 5.85. The molecule has 2 aromatic carbocycles. The Morgan fingerprint density at radius 3 is 2.36 bits per heavy atom. The maximum absolute atomic E-state index is 9.71. The number of aromatic hydroxyl groups is 2.